The Balaban J connectivity index is 1.82. The van der Waals surface area contributed by atoms with Gasteiger partial charge in [0.2, 0.25) is 0 Å². The highest BCUT2D eigenvalue weighted by molar-refractivity contribution is 5.14. The van der Waals surface area contributed by atoms with Crippen molar-refractivity contribution in [3.8, 4) is 0 Å². The molecule has 1 aromatic carbocycles. The van der Waals surface area contributed by atoms with Gasteiger partial charge >= 0.3 is 0 Å². The monoisotopic (exact) mass is 206 g/mol. The summed E-state index contributed by atoms with van der Waals surface area (Å²) in [7, 11) is 0. The number of likely N-dealkylation sites (tertiary alicyclic amines) is 1. The second-order valence-electron chi connectivity index (χ2n) is 4.21. The molecule has 1 heterocycles. The Morgan fingerprint density at radius 2 is 2.13 bits per heavy atom. The van der Waals surface area contributed by atoms with E-state index in [2.05, 4.69) is 35.2 Å². The van der Waals surface area contributed by atoms with E-state index >= 15 is 0 Å². The number of benzene rings is 1. The first-order valence-corrected chi connectivity index (χ1v) is 5.46. The fourth-order valence-corrected chi connectivity index (χ4v) is 2.17. The highest BCUT2D eigenvalue weighted by Crippen LogP contribution is 2.18. The predicted molar refractivity (Wildman–Crippen MR) is 60.0 cm³/mol. The summed E-state index contributed by atoms with van der Waals surface area (Å²) in [6.45, 7) is 3.99. The van der Waals surface area contributed by atoms with E-state index < -0.39 is 0 Å². The van der Waals surface area contributed by atoms with E-state index in [1.807, 2.05) is 0 Å². The van der Waals surface area contributed by atoms with Crippen molar-refractivity contribution >= 4 is 0 Å². The van der Waals surface area contributed by atoms with Gasteiger partial charge in [0.25, 0.3) is 0 Å². The maximum absolute atomic E-state index is 5.09. The van der Waals surface area contributed by atoms with Gasteiger partial charge in [-0.05, 0) is 24.4 Å². The van der Waals surface area contributed by atoms with Crippen LogP contribution in [-0.4, -0.2) is 24.6 Å². The van der Waals surface area contributed by atoms with E-state index in [1.165, 1.54) is 12.0 Å². The van der Waals surface area contributed by atoms with Crippen molar-refractivity contribution < 1.29 is 4.84 Å². The maximum atomic E-state index is 5.09. The lowest BCUT2D eigenvalue weighted by Gasteiger charge is -2.15. The Kier molecular flexibility index (Phi) is 3.72. The van der Waals surface area contributed by atoms with E-state index in [-0.39, 0.29) is 0 Å². The molecule has 1 saturated heterocycles. The topological polar surface area (TPSA) is 38.5 Å². The van der Waals surface area contributed by atoms with E-state index in [1.54, 1.807) is 0 Å². The van der Waals surface area contributed by atoms with Crippen LogP contribution in [0.4, 0.5) is 0 Å². The number of hydrogen-bond donors (Lipinski definition) is 1. The molecule has 0 aliphatic carbocycles. The fraction of sp³-hybridized carbons (Fsp3) is 0.500. The van der Waals surface area contributed by atoms with Crippen LogP contribution in [0.3, 0.4) is 0 Å². The molecule has 3 heteroatoms. The number of rotatable bonds is 4. The van der Waals surface area contributed by atoms with Crippen LogP contribution in [0.2, 0.25) is 0 Å². The van der Waals surface area contributed by atoms with Gasteiger partial charge in [-0.25, -0.2) is 5.90 Å². The molecule has 1 aliphatic heterocycles. The third-order valence-electron chi connectivity index (χ3n) is 2.95. The Morgan fingerprint density at radius 3 is 2.87 bits per heavy atom. The summed E-state index contributed by atoms with van der Waals surface area (Å²) in [6.07, 6.45) is 1.20. The van der Waals surface area contributed by atoms with Crippen molar-refractivity contribution in [3.63, 3.8) is 0 Å². The van der Waals surface area contributed by atoms with E-state index in [0.717, 1.165) is 19.6 Å². The molecule has 0 radical (unpaired) electrons. The average Bonchev–Trinajstić information content (AvgIpc) is 2.68. The zero-order valence-electron chi connectivity index (χ0n) is 8.93. The molecule has 0 saturated carbocycles. The lowest BCUT2D eigenvalue weighted by molar-refractivity contribution is 0.103. The quantitative estimate of drug-likeness (QED) is 0.757. The van der Waals surface area contributed by atoms with Gasteiger partial charge in [0.05, 0.1) is 6.61 Å². The van der Waals surface area contributed by atoms with Crippen molar-refractivity contribution in [1.29, 1.82) is 0 Å². The standard InChI is InChI=1S/C12H18N2O/c13-15-10-12-6-7-14(9-12)8-11-4-2-1-3-5-11/h1-5,12H,6-10,13H2. The van der Waals surface area contributed by atoms with Crippen LogP contribution in [0.15, 0.2) is 30.3 Å². The van der Waals surface area contributed by atoms with Crippen LogP contribution in [0.5, 0.6) is 0 Å². The summed E-state index contributed by atoms with van der Waals surface area (Å²) < 4.78 is 0. The zero-order chi connectivity index (χ0) is 10.5. The predicted octanol–water partition coefficient (Wildman–Crippen LogP) is 1.40. The highest BCUT2D eigenvalue weighted by Gasteiger charge is 2.22. The van der Waals surface area contributed by atoms with Gasteiger partial charge in [0.1, 0.15) is 0 Å². The molecular weight excluding hydrogens is 188 g/mol. The van der Waals surface area contributed by atoms with E-state index in [4.69, 9.17) is 10.7 Å². The molecule has 0 amide bonds. The van der Waals surface area contributed by atoms with Gasteiger partial charge < -0.3 is 4.84 Å². The fourth-order valence-electron chi connectivity index (χ4n) is 2.17. The van der Waals surface area contributed by atoms with Gasteiger partial charge in [-0.2, -0.15) is 0 Å². The number of hydrogen-bond acceptors (Lipinski definition) is 3. The van der Waals surface area contributed by atoms with Crippen LogP contribution in [0.25, 0.3) is 0 Å². The molecule has 1 aliphatic rings. The minimum absolute atomic E-state index is 0.610. The largest absolute Gasteiger partial charge is 0.304 e. The Bertz CT molecular complexity index is 289. The molecule has 1 unspecified atom stereocenters. The summed E-state index contributed by atoms with van der Waals surface area (Å²) in [5, 5.41) is 0. The third kappa shape index (κ3) is 3.02. The van der Waals surface area contributed by atoms with Gasteiger partial charge in [-0.3, -0.25) is 4.90 Å². The zero-order valence-corrected chi connectivity index (χ0v) is 8.93. The van der Waals surface area contributed by atoms with Crippen LogP contribution in [-0.2, 0) is 11.4 Å². The lowest BCUT2D eigenvalue weighted by atomic mass is 10.1. The molecule has 0 aromatic heterocycles. The van der Waals surface area contributed by atoms with Gasteiger partial charge in [0.15, 0.2) is 0 Å². The molecule has 3 nitrogen and oxygen atoms in total. The Hall–Kier alpha value is -0.900. The average molecular weight is 206 g/mol. The van der Waals surface area contributed by atoms with Crippen LogP contribution in [0, 0.1) is 5.92 Å². The first-order chi connectivity index (χ1) is 7.38. The molecule has 1 fully saturated rings. The minimum Gasteiger partial charge on any atom is -0.304 e. The van der Waals surface area contributed by atoms with E-state index in [0.29, 0.717) is 12.5 Å². The van der Waals surface area contributed by atoms with Crippen molar-refractivity contribution in [2.24, 2.45) is 11.8 Å². The molecular formula is C12H18N2O. The second kappa shape index (κ2) is 5.26. The lowest BCUT2D eigenvalue weighted by Crippen LogP contribution is -2.22. The van der Waals surface area contributed by atoms with Crippen molar-refractivity contribution in [2.75, 3.05) is 19.7 Å². The molecule has 15 heavy (non-hydrogen) atoms. The van der Waals surface area contributed by atoms with Crippen molar-refractivity contribution in [3.05, 3.63) is 35.9 Å². The first kappa shape index (κ1) is 10.6. The summed E-state index contributed by atoms with van der Waals surface area (Å²) in [5.74, 6) is 5.70. The third-order valence-corrected chi connectivity index (χ3v) is 2.95. The smallest absolute Gasteiger partial charge is 0.0720 e. The van der Waals surface area contributed by atoms with Crippen molar-refractivity contribution in [2.45, 2.75) is 13.0 Å². The molecule has 1 aromatic rings. The molecule has 0 spiro atoms. The molecule has 82 valence electrons. The van der Waals surface area contributed by atoms with Crippen molar-refractivity contribution in [1.82, 2.24) is 4.90 Å². The Morgan fingerprint density at radius 1 is 1.33 bits per heavy atom. The summed E-state index contributed by atoms with van der Waals surface area (Å²) >= 11 is 0. The molecule has 0 bridgehead atoms. The molecule has 2 rings (SSSR count). The van der Waals surface area contributed by atoms with E-state index in [9.17, 15) is 0 Å². The minimum atomic E-state index is 0.610. The molecule has 1 atom stereocenters. The van der Waals surface area contributed by atoms with Crippen LogP contribution < -0.4 is 5.90 Å². The first-order valence-electron chi connectivity index (χ1n) is 5.46. The summed E-state index contributed by atoms with van der Waals surface area (Å²) in [6, 6.07) is 10.6. The van der Waals surface area contributed by atoms with Gasteiger partial charge in [-0.1, -0.05) is 30.3 Å². The Labute approximate surface area is 90.8 Å². The summed E-state index contributed by atoms with van der Waals surface area (Å²) in [4.78, 5) is 7.15. The maximum Gasteiger partial charge on any atom is 0.0720 e. The van der Waals surface area contributed by atoms with Crippen LogP contribution >= 0.6 is 0 Å². The second-order valence-corrected chi connectivity index (χ2v) is 4.21. The molecule has 2 N–H and O–H groups in total. The van der Waals surface area contributed by atoms with Gasteiger partial charge in [-0.15, -0.1) is 0 Å². The van der Waals surface area contributed by atoms with Crippen LogP contribution in [0.1, 0.15) is 12.0 Å². The number of nitrogens with two attached hydrogens (primary N) is 1. The normalized spacial score (nSPS) is 22.1. The SMILES string of the molecule is NOCC1CCN(Cc2ccccc2)C1. The van der Waals surface area contributed by atoms with Gasteiger partial charge in [0, 0.05) is 13.1 Å². The number of nitrogens with zero attached hydrogens (tertiary/aromatic N) is 1. The summed E-state index contributed by atoms with van der Waals surface area (Å²) in [5.41, 5.74) is 1.38. The highest BCUT2D eigenvalue weighted by atomic mass is 16.6.